The molecule has 90 valence electrons. The molecule has 2 aromatic heterocycles. The number of halogens is 2. The number of nitrogens with zero attached hydrogens (tertiary/aromatic N) is 1. The summed E-state index contributed by atoms with van der Waals surface area (Å²) >= 11 is 9.86. The zero-order valence-corrected chi connectivity index (χ0v) is 12.2. The van der Waals surface area contributed by atoms with Crippen molar-refractivity contribution < 1.29 is 8.42 Å². The highest BCUT2D eigenvalue weighted by atomic mass is 79.9. The van der Waals surface area contributed by atoms with E-state index >= 15 is 0 Å². The van der Waals surface area contributed by atoms with Crippen LogP contribution in [-0.2, 0) is 10.0 Å². The van der Waals surface area contributed by atoms with E-state index in [4.69, 9.17) is 11.6 Å². The number of pyridine rings is 1. The van der Waals surface area contributed by atoms with Gasteiger partial charge in [0.1, 0.15) is 14.6 Å². The second-order valence-electron chi connectivity index (χ2n) is 3.01. The maximum Gasteiger partial charge on any atom is 0.272 e. The van der Waals surface area contributed by atoms with Crippen LogP contribution in [0.1, 0.15) is 0 Å². The first-order valence-corrected chi connectivity index (χ1v) is 7.85. The predicted octanol–water partition coefficient (Wildman–Crippen LogP) is 3.36. The standard InChI is InChI=1S/C9H6BrClN2O2S2/c10-6-2-1-3-8(12-6)13-17(14,15)9-5-4-7(11)16-9/h1-5H,(H,12,13). The second kappa shape index (κ2) is 4.93. The molecule has 0 bridgehead atoms. The molecule has 0 aliphatic carbocycles. The molecule has 8 heteroatoms. The van der Waals surface area contributed by atoms with E-state index in [9.17, 15) is 8.42 Å². The molecule has 0 radical (unpaired) electrons. The SMILES string of the molecule is O=S(=O)(Nc1cccc(Br)n1)c1ccc(Cl)s1. The van der Waals surface area contributed by atoms with Crippen molar-refractivity contribution in [3.63, 3.8) is 0 Å². The van der Waals surface area contributed by atoms with E-state index in [-0.39, 0.29) is 10.0 Å². The summed E-state index contributed by atoms with van der Waals surface area (Å²) in [5.74, 6) is 0.254. The largest absolute Gasteiger partial charge is 0.272 e. The summed E-state index contributed by atoms with van der Waals surface area (Å²) < 4.78 is 27.3. The van der Waals surface area contributed by atoms with Gasteiger partial charge in [-0.3, -0.25) is 4.72 Å². The summed E-state index contributed by atoms with van der Waals surface area (Å²) in [4.78, 5) is 3.99. The second-order valence-corrected chi connectivity index (χ2v) is 7.45. The molecule has 0 aromatic carbocycles. The first-order chi connectivity index (χ1) is 7.97. The Bertz CT molecular complexity index is 642. The van der Waals surface area contributed by atoms with Gasteiger partial charge in [-0.15, -0.1) is 11.3 Å². The molecule has 2 aromatic rings. The van der Waals surface area contributed by atoms with E-state index in [1.165, 1.54) is 12.1 Å². The third-order valence-electron chi connectivity index (χ3n) is 1.77. The number of nitrogens with one attached hydrogen (secondary N) is 1. The van der Waals surface area contributed by atoms with E-state index in [2.05, 4.69) is 25.6 Å². The summed E-state index contributed by atoms with van der Waals surface area (Å²) in [7, 11) is -3.61. The van der Waals surface area contributed by atoms with Gasteiger partial charge in [0.05, 0.1) is 4.34 Å². The fourth-order valence-corrected chi connectivity index (χ4v) is 3.92. The highest BCUT2D eigenvalue weighted by molar-refractivity contribution is 9.10. The van der Waals surface area contributed by atoms with Crippen molar-refractivity contribution in [2.75, 3.05) is 4.72 Å². The summed E-state index contributed by atoms with van der Waals surface area (Å²) in [6.45, 7) is 0. The Morgan fingerprint density at radius 1 is 1.29 bits per heavy atom. The molecule has 0 amide bonds. The summed E-state index contributed by atoms with van der Waals surface area (Å²) in [6, 6.07) is 7.95. The molecule has 0 saturated carbocycles. The highest BCUT2D eigenvalue weighted by Gasteiger charge is 2.17. The van der Waals surface area contributed by atoms with Crippen LogP contribution in [0.2, 0.25) is 4.34 Å². The molecule has 0 aliphatic heterocycles. The van der Waals surface area contributed by atoms with Crippen molar-refractivity contribution in [3.8, 4) is 0 Å². The zero-order valence-electron chi connectivity index (χ0n) is 8.22. The van der Waals surface area contributed by atoms with Gasteiger partial charge in [-0.2, -0.15) is 0 Å². The summed E-state index contributed by atoms with van der Waals surface area (Å²) in [5, 5.41) is 0. The topological polar surface area (TPSA) is 59.1 Å². The lowest BCUT2D eigenvalue weighted by atomic mass is 10.5. The molecule has 0 atom stereocenters. The van der Waals surface area contributed by atoms with Gasteiger partial charge in [-0.1, -0.05) is 17.7 Å². The lowest BCUT2D eigenvalue weighted by Crippen LogP contribution is -2.12. The minimum atomic E-state index is -3.61. The maximum atomic E-state index is 11.9. The Morgan fingerprint density at radius 3 is 2.65 bits per heavy atom. The van der Waals surface area contributed by atoms with Gasteiger partial charge in [0.2, 0.25) is 0 Å². The molecule has 0 saturated heterocycles. The van der Waals surface area contributed by atoms with Gasteiger partial charge < -0.3 is 0 Å². The normalized spacial score (nSPS) is 11.4. The summed E-state index contributed by atoms with van der Waals surface area (Å²) in [5.41, 5.74) is 0. The Morgan fingerprint density at radius 2 is 2.06 bits per heavy atom. The van der Waals surface area contributed by atoms with Crippen molar-refractivity contribution in [2.24, 2.45) is 0 Å². The zero-order chi connectivity index (χ0) is 12.5. The number of anilines is 1. The molecule has 17 heavy (non-hydrogen) atoms. The van der Waals surface area contributed by atoms with Crippen LogP contribution in [0.4, 0.5) is 5.82 Å². The molecular formula is C9H6BrClN2O2S2. The van der Waals surface area contributed by atoms with Crippen LogP contribution in [0.15, 0.2) is 39.1 Å². The van der Waals surface area contributed by atoms with Gasteiger partial charge in [0.25, 0.3) is 10.0 Å². The minimum absolute atomic E-state index is 0.157. The number of rotatable bonds is 3. The van der Waals surface area contributed by atoms with Crippen LogP contribution >= 0.6 is 38.9 Å². The highest BCUT2D eigenvalue weighted by Crippen LogP contribution is 2.27. The molecule has 1 N–H and O–H groups in total. The average Bonchev–Trinajstić information content (AvgIpc) is 2.65. The Labute approximate surface area is 116 Å². The first kappa shape index (κ1) is 12.8. The van der Waals surface area contributed by atoms with Gasteiger partial charge in [0.15, 0.2) is 0 Å². The van der Waals surface area contributed by atoms with Crippen molar-refractivity contribution >= 4 is 54.7 Å². The minimum Gasteiger partial charge on any atom is -0.263 e. The fourth-order valence-electron chi connectivity index (χ4n) is 1.10. The number of thiophene rings is 1. The third kappa shape index (κ3) is 3.19. The Kier molecular flexibility index (Phi) is 3.72. The van der Waals surface area contributed by atoms with Crippen LogP contribution in [0.25, 0.3) is 0 Å². The van der Waals surface area contributed by atoms with Gasteiger partial charge >= 0.3 is 0 Å². The number of aromatic nitrogens is 1. The van der Waals surface area contributed by atoms with Crippen molar-refractivity contribution in [1.82, 2.24) is 4.98 Å². The van der Waals surface area contributed by atoms with E-state index in [1.807, 2.05) is 0 Å². The smallest absolute Gasteiger partial charge is 0.263 e. The van der Waals surface area contributed by atoms with Crippen LogP contribution in [-0.4, -0.2) is 13.4 Å². The van der Waals surface area contributed by atoms with Crippen LogP contribution in [0.5, 0.6) is 0 Å². The van der Waals surface area contributed by atoms with E-state index in [0.29, 0.717) is 8.94 Å². The molecule has 0 aliphatic rings. The predicted molar refractivity (Wildman–Crippen MR) is 72.1 cm³/mol. The first-order valence-electron chi connectivity index (χ1n) is 4.38. The van der Waals surface area contributed by atoms with Crippen molar-refractivity contribution in [1.29, 1.82) is 0 Å². The molecule has 0 unspecified atom stereocenters. The van der Waals surface area contributed by atoms with Gasteiger partial charge in [0, 0.05) is 0 Å². The summed E-state index contributed by atoms with van der Waals surface area (Å²) in [6.07, 6.45) is 0. The van der Waals surface area contributed by atoms with Gasteiger partial charge in [-0.05, 0) is 40.2 Å². The van der Waals surface area contributed by atoms with E-state index < -0.39 is 10.0 Å². The lowest BCUT2D eigenvalue weighted by Gasteiger charge is -2.04. The number of hydrogen-bond acceptors (Lipinski definition) is 4. The number of sulfonamides is 1. The third-order valence-corrected chi connectivity index (χ3v) is 5.29. The molecule has 2 rings (SSSR count). The molecule has 4 nitrogen and oxygen atoms in total. The molecule has 0 spiro atoms. The lowest BCUT2D eigenvalue weighted by molar-refractivity contribution is 0.603. The van der Waals surface area contributed by atoms with E-state index in [0.717, 1.165) is 11.3 Å². The van der Waals surface area contributed by atoms with Crippen LogP contribution in [0.3, 0.4) is 0 Å². The van der Waals surface area contributed by atoms with Crippen LogP contribution < -0.4 is 4.72 Å². The quantitative estimate of drug-likeness (QED) is 0.861. The Balaban J connectivity index is 2.29. The molecule has 2 heterocycles. The fraction of sp³-hybridized carbons (Fsp3) is 0. The number of hydrogen-bond donors (Lipinski definition) is 1. The Hall–Kier alpha value is -0.630. The van der Waals surface area contributed by atoms with Crippen molar-refractivity contribution in [2.45, 2.75) is 4.21 Å². The monoisotopic (exact) mass is 352 g/mol. The molecular weight excluding hydrogens is 348 g/mol. The van der Waals surface area contributed by atoms with Crippen molar-refractivity contribution in [3.05, 3.63) is 39.3 Å². The molecule has 0 fully saturated rings. The van der Waals surface area contributed by atoms with Gasteiger partial charge in [-0.25, -0.2) is 13.4 Å². The van der Waals surface area contributed by atoms with E-state index in [1.54, 1.807) is 18.2 Å². The van der Waals surface area contributed by atoms with Crippen LogP contribution in [0, 0.1) is 0 Å². The average molecular weight is 354 g/mol. The maximum absolute atomic E-state index is 11.9.